The zero-order chi connectivity index (χ0) is 26.0. The second kappa shape index (κ2) is 10.4. The summed E-state index contributed by atoms with van der Waals surface area (Å²) in [5.41, 5.74) is 2.34. The van der Waals surface area contributed by atoms with E-state index in [0.29, 0.717) is 11.5 Å². The van der Waals surface area contributed by atoms with E-state index < -0.39 is 17.7 Å². The molecule has 3 N–H and O–H groups in total. The number of ether oxygens (including phenoxy) is 2. The number of halogens is 2. The fourth-order valence-electron chi connectivity index (χ4n) is 5.96. The van der Waals surface area contributed by atoms with Gasteiger partial charge in [-0.1, -0.05) is 6.07 Å². The van der Waals surface area contributed by atoms with Gasteiger partial charge in [0.15, 0.2) is 23.1 Å². The molecule has 1 saturated heterocycles. The second-order valence-corrected chi connectivity index (χ2v) is 9.74. The first kappa shape index (κ1) is 25.0. The Balaban J connectivity index is 1.36. The first-order valence-electron chi connectivity index (χ1n) is 12.4. The van der Waals surface area contributed by atoms with Crippen molar-refractivity contribution in [3.05, 3.63) is 71.8 Å². The van der Waals surface area contributed by atoms with Crippen LogP contribution in [0.25, 0.3) is 0 Å². The molecule has 196 valence electrons. The predicted molar refractivity (Wildman–Crippen MR) is 135 cm³/mol. The largest absolute Gasteiger partial charge is 0.493 e. The summed E-state index contributed by atoms with van der Waals surface area (Å²) in [6.45, 7) is 1.64. The van der Waals surface area contributed by atoms with Crippen molar-refractivity contribution in [1.29, 1.82) is 0 Å². The Morgan fingerprint density at radius 3 is 2.70 bits per heavy atom. The molecule has 8 nitrogen and oxygen atoms in total. The van der Waals surface area contributed by atoms with Gasteiger partial charge in [-0.2, -0.15) is 0 Å². The highest BCUT2D eigenvalue weighted by Crippen LogP contribution is 2.50. The third-order valence-corrected chi connectivity index (χ3v) is 7.77. The van der Waals surface area contributed by atoms with Crippen molar-refractivity contribution in [3.63, 3.8) is 0 Å². The summed E-state index contributed by atoms with van der Waals surface area (Å²) in [6, 6.07) is 9.11. The lowest BCUT2D eigenvalue weighted by atomic mass is 9.65. The standard InChI is InChI=1S/C27H31F2N5O3/c1-36-23-6-3-17(11-24(23)37-2)27-8-7-19(33-26(35)32-18-4-5-21(28)22(29)12-18)13-25(27)34(10-9-27)15-20-14-30-16-31-20/h3-6,11-12,14,16,19,25H,7-10,13,15H2,1-2H3,(H,30,31)(H2,32,33,35)/t19-,25+,27+/m1/s1. The lowest BCUT2D eigenvalue weighted by molar-refractivity contribution is 0.130. The van der Waals surface area contributed by atoms with Crippen LogP contribution in [0.1, 0.15) is 36.9 Å². The Morgan fingerprint density at radius 1 is 1.14 bits per heavy atom. The topological polar surface area (TPSA) is 91.5 Å². The van der Waals surface area contributed by atoms with Crippen molar-refractivity contribution in [2.75, 3.05) is 26.1 Å². The third-order valence-electron chi connectivity index (χ3n) is 7.77. The Morgan fingerprint density at radius 2 is 1.97 bits per heavy atom. The molecule has 3 aromatic rings. The number of imidazole rings is 1. The Bertz CT molecular complexity index is 1250. The summed E-state index contributed by atoms with van der Waals surface area (Å²) in [5, 5.41) is 5.66. The van der Waals surface area contributed by atoms with E-state index in [1.165, 1.54) is 11.6 Å². The van der Waals surface area contributed by atoms with Crippen LogP contribution < -0.4 is 20.1 Å². The number of amides is 2. The summed E-state index contributed by atoms with van der Waals surface area (Å²) >= 11 is 0. The van der Waals surface area contributed by atoms with E-state index in [0.717, 1.165) is 56.6 Å². The summed E-state index contributed by atoms with van der Waals surface area (Å²) in [4.78, 5) is 22.5. The number of hydrogen-bond acceptors (Lipinski definition) is 5. The van der Waals surface area contributed by atoms with Gasteiger partial charge in [0.1, 0.15) is 0 Å². The maximum Gasteiger partial charge on any atom is 0.319 e. The lowest BCUT2D eigenvalue weighted by Crippen LogP contribution is -2.52. The zero-order valence-corrected chi connectivity index (χ0v) is 20.9. The molecule has 0 radical (unpaired) electrons. The minimum absolute atomic E-state index is 0.0778. The Hall–Kier alpha value is -3.66. The van der Waals surface area contributed by atoms with Crippen LogP contribution in [0.4, 0.5) is 19.3 Å². The van der Waals surface area contributed by atoms with Crippen LogP contribution in [0.15, 0.2) is 48.9 Å². The molecule has 1 aliphatic carbocycles. The molecule has 1 aromatic heterocycles. The first-order chi connectivity index (χ1) is 17.9. The van der Waals surface area contributed by atoms with Gasteiger partial charge in [-0.3, -0.25) is 4.90 Å². The molecule has 1 aliphatic heterocycles. The summed E-state index contributed by atoms with van der Waals surface area (Å²) in [7, 11) is 3.27. The number of rotatable bonds is 7. The quantitative estimate of drug-likeness (QED) is 0.432. The number of carbonyl (C=O) groups excluding carboxylic acids is 1. The maximum atomic E-state index is 13.6. The number of aromatic nitrogens is 2. The number of fused-ring (bicyclic) bond motifs is 1. The molecule has 2 fully saturated rings. The zero-order valence-electron chi connectivity index (χ0n) is 20.9. The monoisotopic (exact) mass is 511 g/mol. The molecule has 0 bridgehead atoms. The van der Waals surface area contributed by atoms with Crippen LogP contribution in [-0.4, -0.2) is 53.7 Å². The van der Waals surface area contributed by atoms with E-state index in [1.54, 1.807) is 20.5 Å². The number of urea groups is 1. The van der Waals surface area contributed by atoms with E-state index in [4.69, 9.17) is 9.47 Å². The van der Waals surface area contributed by atoms with E-state index in [-0.39, 0.29) is 23.2 Å². The molecule has 5 rings (SSSR count). The Kier molecular flexibility index (Phi) is 7.01. The molecule has 10 heteroatoms. The summed E-state index contributed by atoms with van der Waals surface area (Å²) in [5.74, 6) is -0.569. The average molecular weight is 512 g/mol. The number of nitrogens with one attached hydrogen (secondary N) is 3. The van der Waals surface area contributed by atoms with Gasteiger partial charge in [-0.25, -0.2) is 18.6 Å². The molecule has 37 heavy (non-hydrogen) atoms. The first-order valence-corrected chi connectivity index (χ1v) is 12.4. The molecule has 1 saturated carbocycles. The molecule has 2 aliphatic rings. The smallest absolute Gasteiger partial charge is 0.319 e. The molecule has 3 atom stereocenters. The van der Waals surface area contributed by atoms with Gasteiger partial charge in [0, 0.05) is 47.7 Å². The van der Waals surface area contributed by atoms with Crippen molar-refractivity contribution >= 4 is 11.7 Å². The second-order valence-electron chi connectivity index (χ2n) is 9.74. The van der Waals surface area contributed by atoms with E-state index >= 15 is 0 Å². The van der Waals surface area contributed by atoms with Gasteiger partial charge in [0.25, 0.3) is 0 Å². The highest BCUT2D eigenvalue weighted by atomic mass is 19.2. The van der Waals surface area contributed by atoms with Crippen molar-refractivity contribution in [3.8, 4) is 11.5 Å². The van der Waals surface area contributed by atoms with Gasteiger partial charge in [0.2, 0.25) is 0 Å². The van der Waals surface area contributed by atoms with E-state index in [9.17, 15) is 13.6 Å². The number of likely N-dealkylation sites (tertiary alicyclic amines) is 1. The minimum atomic E-state index is -1.00. The molecular weight excluding hydrogens is 480 g/mol. The fraction of sp³-hybridized carbons (Fsp3) is 0.407. The maximum absolute atomic E-state index is 13.6. The van der Waals surface area contributed by atoms with E-state index in [2.05, 4.69) is 37.6 Å². The fourth-order valence-corrected chi connectivity index (χ4v) is 5.96. The molecule has 0 unspecified atom stereocenters. The van der Waals surface area contributed by atoms with Gasteiger partial charge >= 0.3 is 6.03 Å². The summed E-state index contributed by atoms with van der Waals surface area (Å²) in [6.07, 6.45) is 6.91. The van der Waals surface area contributed by atoms with Gasteiger partial charge < -0.3 is 25.1 Å². The van der Waals surface area contributed by atoms with Gasteiger partial charge in [0.05, 0.1) is 20.5 Å². The molecule has 2 amide bonds. The van der Waals surface area contributed by atoms with Crippen LogP contribution in [-0.2, 0) is 12.0 Å². The lowest BCUT2D eigenvalue weighted by Gasteiger charge is -2.45. The third kappa shape index (κ3) is 4.98. The number of carbonyl (C=O) groups is 1. The predicted octanol–water partition coefficient (Wildman–Crippen LogP) is 4.59. The van der Waals surface area contributed by atoms with Crippen molar-refractivity contribution in [1.82, 2.24) is 20.2 Å². The molecule has 2 aromatic carbocycles. The average Bonchev–Trinajstić information content (AvgIpc) is 3.55. The van der Waals surface area contributed by atoms with Crippen LogP contribution in [0, 0.1) is 11.6 Å². The van der Waals surface area contributed by atoms with E-state index in [1.807, 2.05) is 12.3 Å². The Labute approximate surface area is 214 Å². The number of aromatic amines is 1. The van der Waals surface area contributed by atoms with Crippen molar-refractivity contribution in [2.45, 2.75) is 49.7 Å². The van der Waals surface area contributed by atoms with Gasteiger partial charge in [-0.05, 0) is 62.1 Å². The van der Waals surface area contributed by atoms with Crippen LogP contribution in [0.2, 0.25) is 0 Å². The van der Waals surface area contributed by atoms with Gasteiger partial charge in [-0.15, -0.1) is 0 Å². The molecule has 2 heterocycles. The number of anilines is 1. The van der Waals surface area contributed by atoms with Crippen molar-refractivity contribution < 1.29 is 23.0 Å². The molecular formula is C27H31F2N5O3. The van der Waals surface area contributed by atoms with Crippen LogP contribution in [0.5, 0.6) is 11.5 Å². The highest BCUT2D eigenvalue weighted by molar-refractivity contribution is 5.89. The number of nitrogens with zero attached hydrogens (tertiary/aromatic N) is 2. The van der Waals surface area contributed by atoms with Crippen LogP contribution in [0.3, 0.4) is 0 Å². The summed E-state index contributed by atoms with van der Waals surface area (Å²) < 4.78 is 37.9. The van der Waals surface area contributed by atoms with Crippen LogP contribution >= 0.6 is 0 Å². The molecule has 0 spiro atoms. The number of methoxy groups -OCH3 is 2. The number of benzene rings is 2. The SMILES string of the molecule is COc1ccc([C@@]23CC[C@@H](NC(=O)Nc4ccc(F)c(F)c4)C[C@@H]2N(Cc2cnc[nH]2)CC3)cc1OC. The number of hydrogen-bond donors (Lipinski definition) is 3. The minimum Gasteiger partial charge on any atom is -0.493 e. The van der Waals surface area contributed by atoms with Crippen molar-refractivity contribution in [2.24, 2.45) is 0 Å². The number of H-pyrrole nitrogens is 1. The highest BCUT2D eigenvalue weighted by Gasteiger charge is 2.51. The normalized spacial score (nSPS) is 23.4.